The molecule has 5 nitrogen and oxygen atoms in total. The molecule has 0 aliphatic carbocycles. The Kier molecular flexibility index (Phi) is 10.1. The Bertz CT molecular complexity index is 293. The van der Waals surface area contributed by atoms with E-state index >= 15 is 0 Å². The molecule has 5 heteroatoms. The first-order chi connectivity index (χ1) is 9.42. The zero-order valence-corrected chi connectivity index (χ0v) is 13.6. The Morgan fingerprint density at radius 1 is 1.20 bits per heavy atom. The van der Waals surface area contributed by atoms with Crippen molar-refractivity contribution >= 4 is 11.9 Å². The molecule has 0 aromatic carbocycles. The summed E-state index contributed by atoms with van der Waals surface area (Å²) in [6.07, 6.45) is 1.85. The van der Waals surface area contributed by atoms with Crippen molar-refractivity contribution in [2.24, 2.45) is 5.92 Å². The number of hydrogen-bond donors (Lipinski definition) is 1. The van der Waals surface area contributed by atoms with Crippen LogP contribution in [-0.2, 0) is 14.3 Å². The standard InChI is InChI=1S/C15H30N2O3/c1-6-10-17(11-14(18)20-7-2)13(5)15(19)16-9-8-12(3)4/h12-13H,6-11H2,1-5H3,(H,16,19). The molecule has 0 saturated heterocycles. The second-order valence-corrected chi connectivity index (χ2v) is 5.43. The van der Waals surface area contributed by atoms with Gasteiger partial charge in [-0.05, 0) is 39.2 Å². The molecule has 118 valence electrons. The van der Waals surface area contributed by atoms with Crippen molar-refractivity contribution in [3.8, 4) is 0 Å². The Morgan fingerprint density at radius 3 is 2.35 bits per heavy atom. The lowest BCUT2D eigenvalue weighted by molar-refractivity contribution is -0.145. The zero-order chi connectivity index (χ0) is 15.5. The van der Waals surface area contributed by atoms with E-state index in [0.29, 0.717) is 25.6 Å². The molecule has 0 aromatic heterocycles. The second kappa shape index (κ2) is 10.7. The van der Waals surface area contributed by atoms with Gasteiger partial charge in [-0.25, -0.2) is 0 Å². The molecule has 0 saturated carbocycles. The third kappa shape index (κ3) is 8.15. The molecule has 0 radical (unpaired) electrons. The molecule has 0 bridgehead atoms. The molecule has 0 fully saturated rings. The number of rotatable bonds is 10. The molecular formula is C15H30N2O3. The molecule has 1 amide bonds. The average molecular weight is 286 g/mol. The van der Waals surface area contributed by atoms with Gasteiger partial charge in [0.15, 0.2) is 0 Å². The van der Waals surface area contributed by atoms with Gasteiger partial charge in [0.05, 0.1) is 19.2 Å². The number of carbonyl (C=O) groups excluding carboxylic acids is 2. The van der Waals surface area contributed by atoms with Crippen molar-refractivity contribution in [2.75, 3.05) is 26.2 Å². The van der Waals surface area contributed by atoms with Crippen LogP contribution in [0.4, 0.5) is 0 Å². The number of carbonyl (C=O) groups is 2. The second-order valence-electron chi connectivity index (χ2n) is 5.43. The van der Waals surface area contributed by atoms with E-state index in [0.717, 1.165) is 12.8 Å². The predicted octanol–water partition coefficient (Wildman–Crippen LogP) is 1.81. The summed E-state index contributed by atoms with van der Waals surface area (Å²) in [5, 5.41) is 2.93. The third-order valence-electron chi connectivity index (χ3n) is 3.10. The molecule has 1 atom stereocenters. The Hall–Kier alpha value is -1.10. The highest BCUT2D eigenvalue weighted by molar-refractivity contribution is 5.82. The van der Waals surface area contributed by atoms with E-state index in [-0.39, 0.29) is 24.5 Å². The molecule has 1 N–H and O–H groups in total. The van der Waals surface area contributed by atoms with Crippen molar-refractivity contribution in [2.45, 2.75) is 53.5 Å². The Balaban J connectivity index is 4.34. The van der Waals surface area contributed by atoms with Crippen molar-refractivity contribution in [1.82, 2.24) is 10.2 Å². The van der Waals surface area contributed by atoms with Crippen LogP contribution in [-0.4, -0.2) is 49.1 Å². The van der Waals surface area contributed by atoms with E-state index in [1.807, 2.05) is 18.7 Å². The normalized spacial score (nSPS) is 12.6. The number of hydrogen-bond acceptors (Lipinski definition) is 4. The number of amides is 1. The van der Waals surface area contributed by atoms with E-state index in [1.165, 1.54) is 0 Å². The van der Waals surface area contributed by atoms with Gasteiger partial charge in [-0.2, -0.15) is 0 Å². The molecule has 0 rings (SSSR count). The fourth-order valence-corrected chi connectivity index (χ4v) is 1.87. The summed E-state index contributed by atoms with van der Waals surface area (Å²) in [6.45, 7) is 11.8. The van der Waals surface area contributed by atoms with Gasteiger partial charge < -0.3 is 10.1 Å². The fraction of sp³-hybridized carbons (Fsp3) is 0.867. The van der Waals surface area contributed by atoms with Gasteiger partial charge in [-0.3, -0.25) is 14.5 Å². The van der Waals surface area contributed by atoms with Gasteiger partial charge in [0.25, 0.3) is 0 Å². The summed E-state index contributed by atoms with van der Waals surface area (Å²) < 4.78 is 4.95. The van der Waals surface area contributed by atoms with Gasteiger partial charge in [-0.15, -0.1) is 0 Å². The topological polar surface area (TPSA) is 58.6 Å². The quantitative estimate of drug-likeness (QED) is 0.622. The van der Waals surface area contributed by atoms with Crippen LogP contribution in [0.2, 0.25) is 0 Å². The van der Waals surface area contributed by atoms with Crippen LogP contribution < -0.4 is 5.32 Å². The highest BCUT2D eigenvalue weighted by atomic mass is 16.5. The number of nitrogens with one attached hydrogen (secondary N) is 1. The molecule has 0 heterocycles. The molecule has 20 heavy (non-hydrogen) atoms. The maximum Gasteiger partial charge on any atom is 0.320 e. The van der Waals surface area contributed by atoms with E-state index in [4.69, 9.17) is 4.74 Å². The minimum absolute atomic E-state index is 0.0246. The third-order valence-corrected chi connectivity index (χ3v) is 3.10. The molecule has 0 aliphatic heterocycles. The summed E-state index contributed by atoms with van der Waals surface area (Å²) in [6, 6.07) is -0.313. The van der Waals surface area contributed by atoms with Crippen LogP contribution in [0.25, 0.3) is 0 Å². The van der Waals surface area contributed by atoms with Crippen molar-refractivity contribution in [3.63, 3.8) is 0 Å². The minimum Gasteiger partial charge on any atom is -0.465 e. The first-order valence-electron chi connectivity index (χ1n) is 7.59. The van der Waals surface area contributed by atoms with E-state index in [9.17, 15) is 9.59 Å². The highest BCUT2D eigenvalue weighted by Gasteiger charge is 2.22. The fourth-order valence-electron chi connectivity index (χ4n) is 1.87. The highest BCUT2D eigenvalue weighted by Crippen LogP contribution is 2.03. The van der Waals surface area contributed by atoms with Gasteiger partial charge in [-0.1, -0.05) is 20.8 Å². The van der Waals surface area contributed by atoms with Crippen LogP contribution >= 0.6 is 0 Å². The average Bonchev–Trinajstić information content (AvgIpc) is 2.37. The van der Waals surface area contributed by atoms with Crippen molar-refractivity contribution in [3.05, 3.63) is 0 Å². The zero-order valence-electron chi connectivity index (χ0n) is 13.6. The molecule has 0 aromatic rings. The van der Waals surface area contributed by atoms with Gasteiger partial charge in [0.1, 0.15) is 0 Å². The Labute approximate surface area is 123 Å². The number of ether oxygens (including phenoxy) is 1. The maximum atomic E-state index is 12.1. The van der Waals surface area contributed by atoms with Crippen LogP contribution in [0.1, 0.15) is 47.5 Å². The van der Waals surface area contributed by atoms with Gasteiger partial charge in [0, 0.05) is 6.54 Å². The van der Waals surface area contributed by atoms with Crippen LogP contribution in [0.3, 0.4) is 0 Å². The maximum absolute atomic E-state index is 12.1. The smallest absolute Gasteiger partial charge is 0.320 e. The van der Waals surface area contributed by atoms with Crippen molar-refractivity contribution < 1.29 is 14.3 Å². The number of esters is 1. The van der Waals surface area contributed by atoms with Crippen LogP contribution in [0.15, 0.2) is 0 Å². The van der Waals surface area contributed by atoms with Crippen LogP contribution in [0, 0.1) is 5.92 Å². The lowest BCUT2D eigenvalue weighted by Gasteiger charge is -2.27. The molecule has 0 aliphatic rings. The summed E-state index contributed by atoms with van der Waals surface area (Å²) in [7, 11) is 0. The number of nitrogens with zero attached hydrogens (tertiary/aromatic N) is 1. The Morgan fingerprint density at radius 2 is 1.85 bits per heavy atom. The largest absolute Gasteiger partial charge is 0.465 e. The minimum atomic E-state index is -0.313. The molecular weight excluding hydrogens is 256 g/mol. The summed E-state index contributed by atoms with van der Waals surface area (Å²) in [4.78, 5) is 25.5. The van der Waals surface area contributed by atoms with Crippen LogP contribution in [0.5, 0.6) is 0 Å². The van der Waals surface area contributed by atoms with E-state index in [2.05, 4.69) is 19.2 Å². The first-order valence-corrected chi connectivity index (χ1v) is 7.59. The van der Waals surface area contributed by atoms with Gasteiger partial charge in [0.2, 0.25) is 5.91 Å². The molecule has 0 spiro atoms. The lowest BCUT2D eigenvalue weighted by atomic mass is 10.1. The summed E-state index contributed by atoms with van der Waals surface area (Å²) in [5.74, 6) is 0.267. The lowest BCUT2D eigenvalue weighted by Crippen LogP contribution is -2.47. The predicted molar refractivity (Wildman–Crippen MR) is 80.4 cm³/mol. The van der Waals surface area contributed by atoms with Gasteiger partial charge >= 0.3 is 5.97 Å². The molecule has 1 unspecified atom stereocenters. The van der Waals surface area contributed by atoms with E-state index in [1.54, 1.807) is 6.92 Å². The monoisotopic (exact) mass is 286 g/mol. The van der Waals surface area contributed by atoms with E-state index < -0.39 is 0 Å². The summed E-state index contributed by atoms with van der Waals surface area (Å²) >= 11 is 0. The SMILES string of the molecule is CCCN(CC(=O)OCC)C(C)C(=O)NCCC(C)C. The first kappa shape index (κ1) is 18.9. The summed E-state index contributed by atoms with van der Waals surface area (Å²) in [5.41, 5.74) is 0. The van der Waals surface area contributed by atoms with Crippen molar-refractivity contribution in [1.29, 1.82) is 0 Å².